The molecule has 1 unspecified atom stereocenters. The van der Waals surface area contributed by atoms with Gasteiger partial charge >= 0.3 is 0 Å². The standard InChI is InChI=1S/C15H30OS2/c17-12-7-5-3-1-2-4-6-8-13-18-14-15-10-9-11-16-15/h15,17H,1-14H2. The van der Waals surface area contributed by atoms with E-state index in [1.807, 2.05) is 0 Å². The van der Waals surface area contributed by atoms with Crippen molar-refractivity contribution in [1.29, 1.82) is 0 Å². The SMILES string of the molecule is SCCCCCCCCCCSCC1CCCO1. The van der Waals surface area contributed by atoms with Crippen LogP contribution < -0.4 is 0 Å². The third-order valence-electron chi connectivity index (χ3n) is 3.52. The fraction of sp³-hybridized carbons (Fsp3) is 1.00. The Labute approximate surface area is 123 Å². The molecule has 1 nitrogen and oxygen atoms in total. The van der Waals surface area contributed by atoms with Crippen molar-refractivity contribution in [3.05, 3.63) is 0 Å². The average Bonchev–Trinajstić information content (AvgIpc) is 2.89. The number of thioether (sulfide) groups is 1. The van der Waals surface area contributed by atoms with E-state index in [-0.39, 0.29) is 0 Å². The first kappa shape index (κ1) is 16.7. The van der Waals surface area contributed by atoms with Gasteiger partial charge in [-0.3, -0.25) is 0 Å². The molecule has 1 rings (SSSR count). The quantitative estimate of drug-likeness (QED) is 0.402. The lowest BCUT2D eigenvalue weighted by Crippen LogP contribution is -2.08. The molecule has 0 amide bonds. The van der Waals surface area contributed by atoms with Gasteiger partial charge in [0.15, 0.2) is 0 Å². The zero-order valence-corrected chi connectivity index (χ0v) is 13.5. The Hall–Kier alpha value is 0.660. The fourth-order valence-corrected chi connectivity index (χ4v) is 3.69. The molecular weight excluding hydrogens is 260 g/mol. The summed E-state index contributed by atoms with van der Waals surface area (Å²) < 4.78 is 5.62. The van der Waals surface area contributed by atoms with Gasteiger partial charge in [0, 0.05) is 12.4 Å². The van der Waals surface area contributed by atoms with Crippen molar-refractivity contribution < 1.29 is 4.74 Å². The maximum atomic E-state index is 5.62. The fourth-order valence-electron chi connectivity index (χ4n) is 2.37. The number of thiol groups is 1. The Morgan fingerprint density at radius 1 is 0.944 bits per heavy atom. The summed E-state index contributed by atoms with van der Waals surface area (Å²) in [6, 6.07) is 0. The monoisotopic (exact) mass is 290 g/mol. The second-order valence-electron chi connectivity index (χ2n) is 5.26. The summed E-state index contributed by atoms with van der Waals surface area (Å²) in [6.45, 7) is 0.998. The predicted octanol–water partition coefficient (Wildman–Crippen LogP) is 4.95. The molecular formula is C15H30OS2. The zero-order valence-electron chi connectivity index (χ0n) is 11.7. The highest BCUT2D eigenvalue weighted by Crippen LogP contribution is 2.18. The molecule has 0 bridgehead atoms. The Morgan fingerprint density at radius 3 is 2.22 bits per heavy atom. The molecule has 1 saturated heterocycles. The number of hydrogen-bond acceptors (Lipinski definition) is 3. The number of unbranched alkanes of at least 4 members (excludes halogenated alkanes) is 7. The van der Waals surface area contributed by atoms with Crippen LogP contribution in [0.15, 0.2) is 0 Å². The minimum atomic E-state index is 0.571. The second kappa shape index (κ2) is 12.7. The summed E-state index contributed by atoms with van der Waals surface area (Å²) in [4.78, 5) is 0. The van der Waals surface area contributed by atoms with Gasteiger partial charge in [-0.05, 0) is 37.2 Å². The van der Waals surface area contributed by atoms with Crippen molar-refractivity contribution in [3.63, 3.8) is 0 Å². The lowest BCUT2D eigenvalue weighted by molar-refractivity contribution is 0.129. The summed E-state index contributed by atoms with van der Waals surface area (Å²) in [5.41, 5.74) is 0. The van der Waals surface area contributed by atoms with E-state index in [9.17, 15) is 0 Å². The van der Waals surface area contributed by atoms with Gasteiger partial charge in [-0.25, -0.2) is 0 Å². The lowest BCUT2D eigenvalue weighted by atomic mass is 10.1. The highest BCUT2D eigenvalue weighted by molar-refractivity contribution is 7.99. The van der Waals surface area contributed by atoms with Crippen LogP contribution >= 0.6 is 24.4 Å². The summed E-state index contributed by atoms with van der Waals surface area (Å²) in [6.07, 6.45) is 14.3. The molecule has 108 valence electrons. The first-order chi connectivity index (χ1) is 8.93. The molecule has 1 fully saturated rings. The van der Waals surface area contributed by atoms with Gasteiger partial charge in [0.1, 0.15) is 0 Å². The van der Waals surface area contributed by atoms with Crippen LogP contribution in [0, 0.1) is 0 Å². The van der Waals surface area contributed by atoms with Crippen LogP contribution in [0.25, 0.3) is 0 Å². The molecule has 1 heterocycles. The predicted molar refractivity (Wildman–Crippen MR) is 87.1 cm³/mol. The van der Waals surface area contributed by atoms with E-state index < -0.39 is 0 Å². The van der Waals surface area contributed by atoms with Gasteiger partial charge in [0.2, 0.25) is 0 Å². The molecule has 0 aliphatic carbocycles. The van der Waals surface area contributed by atoms with Crippen LogP contribution in [-0.4, -0.2) is 30.0 Å². The maximum absolute atomic E-state index is 5.62. The highest BCUT2D eigenvalue weighted by Gasteiger charge is 2.14. The van der Waals surface area contributed by atoms with Gasteiger partial charge in [0.05, 0.1) is 6.10 Å². The van der Waals surface area contributed by atoms with Gasteiger partial charge in [-0.2, -0.15) is 24.4 Å². The molecule has 0 N–H and O–H groups in total. The van der Waals surface area contributed by atoms with Crippen LogP contribution in [0.2, 0.25) is 0 Å². The Morgan fingerprint density at radius 2 is 1.61 bits per heavy atom. The van der Waals surface area contributed by atoms with E-state index >= 15 is 0 Å². The molecule has 1 atom stereocenters. The van der Waals surface area contributed by atoms with Crippen molar-refractivity contribution in [3.8, 4) is 0 Å². The highest BCUT2D eigenvalue weighted by atomic mass is 32.2. The second-order valence-corrected chi connectivity index (χ2v) is 6.86. The van der Waals surface area contributed by atoms with Crippen LogP contribution in [0.5, 0.6) is 0 Å². The summed E-state index contributed by atoms with van der Waals surface area (Å²) in [5, 5.41) is 0. The summed E-state index contributed by atoms with van der Waals surface area (Å²) >= 11 is 6.32. The Bertz CT molecular complexity index is 170. The molecule has 0 aromatic heterocycles. The topological polar surface area (TPSA) is 9.23 Å². The molecule has 3 heteroatoms. The van der Waals surface area contributed by atoms with Crippen LogP contribution in [0.4, 0.5) is 0 Å². The third-order valence-corrected chi connectivity index (χ3v) is 5.03. The van der Waals surface area contributed by atoms with E-state index in [0.29, 0.717) is 6.10 Å². The van der Waals surface area contributed by atoms with Crippen molar-refractivity contribution >= 4 is 24.4 Å². The summed E-state index contributed by atoms with van der Waals surface area (Å²) in [7, 11) is 0. The van der Waals surface area contributed by atoms with Gasteiger partial charge < -0.3 is 4.74 Å². The molecule has 0 radical (unpaired) electrons. The molecule has 0 spiro atoms. The van der Waals surface area contributed by atoms with E-state index in [0.717, 1.165) is 12.4 Å². The van der Waals surface area contributed by atoms with Crippen molar-refractivity contribution in [2.24, 2.45) is 0 Å². The van der Waals surface area contributed by atoms with Crippen LogP contribution in [0.1, 0.15) is 64.2 Å². The molecule has 18 heavy (non-hydrogen) atoms. The molecule has 1 aliphatic rings. The molecule has 1 aliphatic heterocycles. The van der Waals surface area contributed by atoms with Crippen molar-refractivity contribution in [2.75, 3.05) is 23.9 Å². The summed E-state index contributed by atoms with van der Waals surface area (Å²) in [5.74, 6) is 3.62. The normalized spacial score (nSPS) is 19.5. The van der Waals surface area contributed by atoms with E-state index in [2.05, 4.69) is 24.4 Å². The molecule has 0 aromatic carbocycles. The number of rotatable bonds is 12. The molecule has 0 saturated carbocycles. The van der Waals surface area contributed by atoms with Gasteiger partial charge in [-0.15, -0.1) is 0 Å². The van der Waals surface area contributed by atoms with Crippen molar-refractivity contribution in [1.82, 2.24) is 0 Å². The van der Waals surface area contributed by atoms with E-state index in [4.69, 9.17) is 4.74 Å². The third kappa shape index (κ3) is 9.57. The zero-order chi connectivity index (χ0) is 12.9. The minimum Gasteiger partial charge on any atom is -0.377 e. The Balaban J connectivity index is 1.68. The first-order valence-corrected chi connectivity index (χ1v) is 9.52. The minimum absolute atomic E-state index is 0.571. The smallest absolute Gasteiger partial charge is 0.0666 e. The number of hydrogen-bond donors (Lipinski definition) is 1. The number of ether oxygens (including phenoxy) is 1. The lowest BCUT2D eigenvalue weighted by Gasteiger charge is -2.08. The Kier molecular flexibility index (Phi) is 11.8. The largest absolute Gasteiger partial charge is 0.377 e. The van der Waals surface area contributed by atoms with Gasteiger partial charge in [-0.1, -0.05) is 38.5 Å². The maximum Gasteiger partial charge on any atom is 0.0666 e. The van der Waals surface area contributed by atoms with E-state index in [1.165, 1.54) is 75.7 Å². The van der Waals surface area contributed by atoms with Gasteiger partial charge in [0.25, 0.3) is 0 Å². The van der Waals surface area contributed by atoms with E-state index in [1.54, 1.807) is 0 Å². The van der Waals surface area contributed by atoms with Crippen LogP contribution in [0.3, 0.4) is 0 Å². The van der Waals surface area contributed by atoms with Crippen LogP contribution in [-0.2, 0) is 4.74 Å². The molecule has 0 aromatic rings. The van der Waals surface area contributed by atoms with Crippen molar-refractivity contribution in [2.45, 2.75) is 70.3 Å². The average molecular weight is 291 g/mol. The first-order valence-electron chi connectivity index (χ1n) is 7.73.